The third-order valence-electron chi connectivity index (χ3n) is 1.85. The lowest BCUT2D eigenvalue weighted by molar-refractivity contribution is 0.0990. The second-order valence-electron chi connectivity index (χ2n) is 2.92. The number of nitrogens with one attached hydrogen (secondary N) is 1. The Labute approximate surface area is 92.2 Å². The summed E-state index contributed by atoms with van der Waals surface area (Å²) in [7, 11) is 3.01. The van der Waals surface area contributed by atoms with Gasteiger partial charge in [0.1, 0.15) is 11.6 Å². The lowest BCUT2D eigenvalue weighted by Crippen LogP contribution is -2.19. The number of Topliss-reactive ketones (excluding diaryl/α,β-unsaturated/α-hetero) is 1. The highest BCUT2D eigenvalue weighted by Gasteiger charge is 2.16. The van der Waals surface area contributed by atoms with Crippen LogP contribution in [0.1, 0.15) is 10.4 Å². The Morgan fingerprint density at radius 3 is 2.80 bits per heavy atom. The average molecular weight is 232 g/mol. The average Bonchev–Trinajstić information content (AvgIpc) is 2.17. The van der Waals surface area contributed by atoms with Crippen molar-refractivity contribution in [1.29, 1.82) is 0 Å². The maximum Gasteiger partial charge on any atom is 0.180 e. The fourth-order valence-electron chi connectivity index (χ4n) is 1.23. The van der Waals surface area contributed by atoms with Crippen LogP contribution in [0.5, 0.6) is 5.75 Å². The molecule has 15 heavy (non-hydrogen) atoms. The van der Waals surface area contributed by atoms with E-state index in [2.05, 4.69) is 5.32 Å². The van der Waals surface area contributed by atoms with Gasteiger partial charge in [0, 0.05) is 0 Å². The first-order valence-electron chi connectivity index (χ1n) is 4.31. The Morgan fingerprint density at radius 1 is 1.60 bits per heavy atom. The predicted molar refractivity (Wildman–Crippen MR) is 56.2 cm³/mol. The van der Waals surface area contributed by atoms with Crippen molar-refractivity contribution in [3.63, 3.8) is 0 Å². The molecule has 0 aliphatic heterocycles. The van der Waals surface area contributed by atoms with Gasteiger partial charge in [-0.3, -0.25) is 4.79 Å². The van der Waals surface area contributed by atoms with Crippen molar-refractivity contribution in [2.75, 3.05) is 20.7 Å². The van der Waals surface area contributed by atoms with Crippen LogP contribution >= 0.6 is 11.6 Å². The van der Waals surface area contributed by atoms with Gasteiger partial charge >= 0.3 is 0 Å². The number of halogens is 2. The van der Waals surface area contributed by atoms with E-state index in [1.807, 2.05) is 0 Å². The summed E-state index contributed by atoms with van der Waals surface area (Å²) in [5.74, 6) is -0.616. The molecule has 1 N–H and O–H groups in total. The van der Waals surface area contributed by atoms with Gasteiger partial charge < -0.3 is 10.1 Å². The van der Waals surface area contributed by atoms with Gasteiger partial charge in [-0.25, -0.2) is 4.39 Å². The first kappa shape index (κ1) is 11.9. The molecule has 82 valence electrons. The van der Waals surface area contributed by atoms with Gasteiger partial charge in [0.2, 0.25) is 0 Å². The molecule has 0 radical (unpaired) electrons. The first-order chi connectivity index (χ1) is 7.10. The van der Waals surface area contributed by atoms with E-state index in [1.165, 1.54) is 7.11 Å². The molecule has 0 aromatic heterocycles. The minimum Gasteiger partial charge on any atom is -0.494 e. The molecular formula is C10H11ClFNO2. The molecule has 0 saturated heterocycles. The molecule has 1 aromatic carbocycles. The summed E-state index contributed by atoms with van der Waals surface area (Å²) in [5, 5.41) is 2.78. The van der Waals surface area contributed by atoms with E-state index < -0.39 is 5.82 Å². The summed E-state index contributed by atoms with van der Waals surface area (Å²) in [4.78, 5) is 11.6. The van der Waals surface area contributed by atoms with E-state index in [-0.39, 0.29) is 28.7 Å². The van der Waals surface area contributed by atoms with Gasteiger partial charge in [-0.1, -0.05) is 11.6 Å². The molecule has 0 atom stereocenters. The number of ketones is 1. The largest absolute Gasteiger partial charge is 0.494 e. The smallest absolute Gasteiger partial charge is 0.180 e. The molecule has 0 amide bonds. The quantitative estimate of drug-likeness (QED) is 0.805. The van der Waals surface area contributed by atoms with Crippen molar-refractivity contribution in [1.82, 2.24) is 5.32 Å². The SMILES string of the molecule is CNCC(=O)c1cc(F)cc(Cl)c1OC. The van der Waals surface area contributed by atoms with E-state index in [1.54, 1.807) is 7.05 Å². The van der Waals surface area contributed by atoms with E-state index in [4.69, 9.17) is 16.3 Å². The molecule has 0 aliphatic rings. The van der Waals surface area contributed by atoms with Crippen LogP contribution in [-0.2, 0) is 0 Å². The number of hydrogen-bond acceptors (Lipinski definition) is 3. The zero-order valence-corrected chi connectivity index (χ0v) is 9.19. The van der Waals surface area contributed by atoms with Crippen LogP contribution in [0.2, 0.25) is 5.02 Å². The van der Waals surface area contributed by atoms with Crippen LogP contribution in [0, 0.1) is 5.82 Å². The summed E-state index contributed by atoms with van der Waals surface area (Å²) in [6.45, 7) is 0.107. The molecule has 0 spiro atoms. The van der Waals surface area contributed by atoms with Gasteiger partial charge in [0.15, 0.2) is 5.78 Å². The zero-order chi connectivity index (χ0) is 11.4. The lowest BCUT2D eigenvalue weighted by Gasteiger charge is -2.09. The van der Waals surface area contributed by atoms with Crippen LogP contribution in [-0.4, -0.2) is 26.5 Å². The maximum absolute atomic E-state index is 13.0. The van der Waals surface area contributed by atoms with Crippen molar-refractivity contribution in [3.8, 4) is 5.75 Å². The highest BCUT2D eigenvalue weighted by Crippen LogP contribution is 2.29. The highest BCUT2D eigenvalue weighted by molar-refractivity contribution is 6.32. The number of likely N-dealkylation sites (N-methyl/N-ethyl adjacent to an activating group) is 1. The summed E-state index contributed by atoms with van der Waals surface area (Å²) in [6.07, 6.45) is 0. The minimum atomic E-state index is -0.555. The molecular weight excluding hydrogens is 221 g/mol. The Hall–Kier alpha value is -1.13. The highest BCUT2D eigenvalue weighted by atomic mass is 35.5. The number of carbonyl (C=O) groups excluding carboxylic acids is 1. The molecule has 0 heterocycles. The van der Waals surface area contributed by atoms with Crippen molar-refractivity contribution < 1.29 is 13.9 Å². The van der Waals surface area contributed by atoms with Crippen LogP contribution in [0.15, 0.2) is 12.1 Å². The normalized spacial score (nSPS) is 10.1. The van der Waals surface area contributed by atoms with Gasteiger partial charge in [-0.2, -0.15) is 0 Å². The lowest BCUT2D eigenvalue weighted by atomic mass is 10.1. The van der Waals surface area contributed by atoms with E-state index >= 15 is 0 Å². The first-order valence-corrected chi connectivity index (χ1v) is 4.68. The Balaban J connectivity index is 3.20. The molecule has 0 saturated carbocycles. The monoisotopic (exact) mass is 231 g/mol. The van der Waals surface area contributed by atoms with Crippen molar-refractivity contribution in [2.45, 2.75) is 0 Å². The number of methoxy groups -OCH3 is 1. The number of ether oxygens (including phenoxy) is 1. The molecule has 1 rings (SSSR count). The zero-order valence-electron chi connectivity index (χ0n) is 8.43. The van der Waals surface area contributed by atoms with Crippen LogP contribution in [0.4, 0.5) is 4.39 Å². The third-order valence-corrected chi connectivity index (χ3v) is 2.13. The molecule has 0 bridgehead atoms. The molecule has 0 fully saturated rings. The van der Waals surface area contributed by atoms with Gasteiger partial charge in [-0.15, -0.1) is 0 Å². The van der Waals surface area contributed by atoms with E-state index in [0.29, 0.717) is 0 Å². The summed E-state index contributed by atoms with van der Waals surface area (Å²) < 4.78 is 18.0. The third kappa shape index (κ3) is 2.67. The Bertz CT molecular complexity index is 382. The van der Waals surface area contributed by atoms with Crippen LogP contribution < -0.4 is 10.1 Å². The van der Waals surface area contributed by atoms with E-state index in [0.717, 1.165) is 12.1 Å². The summed E-state index contributed by atoms with van der Waals surface area (Å²) >= 11 is 5.74. The van der Waals surface area contributed by atoms with Gasteiger partial charge in [0.25, 0.3) is 0 Å². The van der Waals surface area contributed by atoms with Crippen molar-refractivity contribution in [3.05, 3.63) is 28.5 Å². The topological polar surface area (TPSA) is 38.3 Å². The van der Waals surface area contributed by atoms with Crippen molar-refractivity contribution in [2.24, 2.45) is 0 Å². The molecule has 3 nitrogen and oxygen atoms in total. The number of rotatable bonds is 4. The summed E-state index contributed by atoms with van der Waals surface area (Å²) in [6, 6.07) is 2.22. The molecule has 1 aromatic rings. The standard InChI is InChI=1S/C10H11ClFNO2/c1-13-5-9(14)7-3-6(12)4-8(11)10(7)15-2/h3-4,13H,5H2,1-2H3. The minimum absolute atomic E-state index is 0.0944. The molecule has 5 heteroatoms. The number of carbonyl (C=O) groups is 1. The van der Waals surface area contributed by atoms with Gasteiger partial charge in [0.05, 0.1) is 24.2 Å². The number of hydrogen-bond donors (Lipinski definition) is 1. The van der Waals surface area contributed by atoms with E-state index in [9.17, 15) is 9.18 Å². The maximum atomic E-state index is 13.0. The van der Waals surface area contributed by atoms with Crippen LogP contribution in [0.3, 0.4) is 0 Å². The summed E-state index contributed by atoms with van der Waals surface area (Å²) in [5.41, 5.74) is 0.150. The van der Waals surface area contributed by atoms with Gasteiger partial charge in [-0.05, 0) is 19.2 Å². The fourth-order valence-corrected chi connectivity index (χ4v) is 1.51. The predicted octanol–water partition coefficient (Wildman–Crippen LogP) is 1.89. The second-order valence-corrected chi connectivity index (χ2v) is 3.33. The Kier molecular flexibility index (Phi) is 4.05. The molecule has 0 unspecified atom stereocenters. The fraction of sp³-hybridized carbons (Fsp3) is 0.300. The number of benzene rings is 1. The molecule has 0 aliphatic carbocycles. The Morgan fingerprint density at radius 2 is 2.27 bits per heavy atom. The van der Waals surface area contributed by atoms with Crippen LogP contribution in [0.25, 0.3) is 0 Å². The second kappa shape index (κ2) is 5.09. The van der Waals surface area contributed by atoms with Crippen molar-refractivity contribution >= 4 is 17.4 Å².